The number of fused-ring (bicyclic) bond motifs is 1. The molecule has 1 aliphatic rings. The molecular weight excluding hydrogens is 300 g/mol. The van der Waals surface area contributed by atoms with Crippen molar-refractivity contribution in [2.75, 3.05) is 0 Å². The van der Waals surface area contributed by atoms with E-state index in [9.17, 15) is 4.79 Å². The standard InChI is InChI=1S/C13H13ClN2OS2/c1-7-15-12-8(3-2-4-9(12)18-7)16-13(17)10-5-6-11(14)19-10/h5-6,8H,2-4H2,1H3,(H,16,17)/t8-/m1/s1. The number of hydrogen-bond donors (Lipinski definition) is 1. The van der Waals surface area contributed by atoms with E-state index in [-0.39, 0.29) is 11.9 Å². The zero-order valence-corrected chi connectivity index (χ0v) is 12.8. The molecule has 0 aliphatic heterocycles. The lowest BCUT2D eigenvalue weighted by Gasteiger charge is -2.22. The summed E-state index contributed by atoms with van der Waals surface area (Å²) in [5, 5.41) is 4.15. The minimum Gasteiger partial charge on any atom is -0.343 e. The molecule has 6 heteroatoms. The predicted molar refractivity (Wildman–Crippen MR) is 79.3 cm³/mol. The van der Waals surface area contributed by atoms with Crippen molar-refractivity contribution in [3.63, 3.8) is 0 Å². The molecule has 1 aliphatic carbocycles. The summed E-state index contributed by atoms with van der Waals surface area (Å²) in [7, 11) is 0. The first kappa shape index (κ1) is 13.1. The Balaban J connectivity index is 1.79. The molecule has 3 rings (SSSR count). The summed E-state index contributed by atoms with van der Waals surface area (Å²) in [6.45, 7) is 2.01. The van der Waals surface area contributed by atoms with Gasteiger partial charge in [-0.2, -0.15) is 0 Å². The number of hydrogen-bond acceptors (Lipinski definition) is 4. The van der Waals surface area contributed by atoms with Crippen molar-refractivity contribution in [1.29, 1.82) is 0 Å². The quantitative estimate of drug-likeness (QED) is 0.911. The summed E-state index contributed by atoms with van der Waals surface area (Å²) in [6, 6.07) is 3.56. The Bertz CT molecular complexity index is 620. The van der Waals surface area contributed by atoms with Crippen molar-refractivity contribution in [2.45, 2.75) is 32.2 Å². The van der Waals surface area contributed by atoms with Gasteiger partial charge in [0.05, 0.1) is 26.0 Å². The van der Waals surface area contributed by atoms with Gasteiger partial charge in [-0.05, 0) is 38.3 Å². The second-order valence-electron chi connectivity index (χ2n) is 4.56. The summed E-state index contributed by atoms with van der Waals surface area (Å²) >= 11 is 8.91. The zero-order chi connectivity index (χ0) is 13.4. The van der Waals surface area contributed by atoms with E-state index in [1.807, 2.05) is 6.92 Å². The third kappa shape index (κ3) is 2.68. The van der Waals surface area contributed by atoms with E-state index in [0.717, 1.165) is 30.0 Å². The number of carbonyl (C=O) groups excluding carboxylic acids is 1. The van der Waals surface area contributed by atoms with Crippen LogP contribution in [0.1, 0.15) is 44.1 Å². The molecule has 0 aromatic carbocycles. The number of aromatic nitrogens is 1. The number of thiophene rings is 1. The Kier molecular flexibility index (Phi) is 3.60. The van der Waals surface area contributed by atoms with E-state index in [4.69, 9.17) is 11.6 Å². The lowest BCUT2D eigenvalue weighted by atomic mass is 9.97. The molecule has 0 unspecified atom stereocenters. The van der Waals surface area contributed by atoms with Crippen molar-refractivity contribution >= 4 is 40.2 Å². The molecule has 1 amide bonds. The van der Waals surface area contributed by atoms with Gasteiger partial charge in [0.25, 0.3) is 5.91 Å². The van der Waals surface area contributed by atoms with E-state index in [1.165, 1.54) is 16.2 Å². The van der Waals surface area contributed by atoms with Gasteiger partial charge in [-0.15, -0.1) is 22.7 Å². The van der Waals surface area contributed by atoms with Crippen LogP contribution in [0.2, 0.25) is 4.34 Å². The molecule has 0 radical (unpaired) electrons. The van der Waals surface area contributed by atoms with Crippen molar-refractivity contribution in [2.24, 2.45) is 0 Å². The van der Waals surface area contributed by atoms with Gasteiger partial charge in [-0.25, -0.2) is 4.98 Å². The number of amides is 1. The van der Waals surface area contributed by atoms with Gasteiger partial charge in [0, 0.05) is 4.88 Å². The first-order valence-electron chi connectivity index (χ1n) is 6.16. The third-order valence-electron chi connectivity index (χ3n) is 3.16. The molecule has 0 saturated heterocycles. The largest absolute Gasteiger partial charge is 0.343 e. The first-order valence-corrected chi connectivity index (χ1v) is 8.17. The molecule has 0 spiro atoms. The molecule has 0 fully saturated rings. The number of nitrogens with zero attached hydrogens (tertiary/aromatic N) is 1. The van der Waals surface area contributed by atoms with E-state index in [0.29, 0.717) is 9.21 Å². The molecule has 2 heterocycles. The monoisotopic (exact) mass is 312 g/mol. The molecule has 3 nitrogen and oxygen atoms in total. The SMILES string of the molecule is Cc1nc2c(s1)CCC[C@H]2NC(=O)c1ccc(Cl)s1. The van der Waals surface area contributed by atoms with Gasteiger partial charge in [-0.3, -0.25) is 4.79 Å². The van der Waals surface area contributed by atoms with E-state index in [2.05, 4.69) is 10.3 Å². The molecule has 1 atom stereocenters. The number of nitrogens with one attached hydrogen (secondary N) is 1. The first-order chi connectivity index (χ1) is 9.13. The predicted octanol–water partition coefficient (Wildman–Crippen LogP) is 3.97. The molecule has 2 aromatic rings. The van der Waals surface area contributed by atoms with Crippen molar-refractivity contribution in [3.8, 4) is 0 Å². The number of halogens is 1. The van der Waals surface area contributed by atoms with E-state index < -0.39 is 0 Å². The number of carbonyl (C=O) groups is 1. The van der Waals surface area contributed by atoms with Crippen molar-refractivity contribution in [1.82, 2.24) is 10.3 Å². The fourth-order valence-electron chi connectivity index (χ4n) is 2.35. The van der Waals surface area contributed by atoms with Crippen molar-refractivity contribution in [3.05, 3.63) is 36.9 Å². The highest BCUT2D eigenvalue weighted by atomic mass is 35.5. The maximum atomic E-state index is 12.2. The smallest absolute Gasteiger partial charge is 0.261 e. The number of rotatable bonds is 2. The summed E-state index contributed by atoms with van der Waals surface area (Å²) in [5.41, 5.74) is 1.06. The average molecular weight is 313 g/mol. The summed E-state index contributed by atoms with van der Waals surface area (Å²) in [4.78, 5) is 18.7. The molecule has 0 bridgehead atoms. The van der Waals surface area contributed by atoms with Crippen LogP contribution in [-0.2, 0) is 6.42 Å². The summed E-state index contributed by atoms with van der Waals surface area (Å²) in [5.74, 6) is -0.0552. The Morgan fingerprint density at radius 2 is 2.32 bits per heavy atom. The van der Waals surface area contributed by atoms with Crippen molar-refractivity contribution < 1.29 is 4.79 Å². The van der Waals surface area contributed by atoms with Gasteiger partial charge in [0.2, 0.25) is 0 Å². The van der Waals surface area contributed by atoms with Crippen LogP contribution in [0.3, 0.4) is 0 Å². The second kappa shape index (κ2) is 5.23. The fourth-order valence-corrected chi connectivity index (χ4v) is 4.33. The van der Waals surface area contributed by atoms with Gasteiger partial charge >= 0.3 is 0 Å². The summed E-state index contributed by atoms with van der Waals surface area (Å²) in [6.07, 6.45) is 3.14. The highest BCUT2D eigenvalue weighted by molar-refractivity contribution is 7.18. The van der Waals surface area contributed by atoms with Crippen LogP contribution in [0, 0.1) is 6.92 Å². The molecule has 19 heavy (non-hydrogen) atoms. The average Bonchev–Trinajstić information content (AvgIpc) is 2.95. The van der Waals surface area contributed by atoms with Gasteiger partial charge in [0.1, 0.15) is 0 Å². The molecule has 100 valence electrons. The highest BCUT2D eigenvalue weighted by Crippen LogP contribution is 2.33. The van der Waals surface area contributed by atoms with Crippen LogP contribution in [0.4, 0.5) is 0 Å². The Hall–Kier alpha value is -0.910. The van der Waals surface area contributed by atoms with E-state index >= 15 is 0 Å². The topological polar surface area (TPSA) is 42.0 Å². The Morgan fingerprint density at radius 1 is 1.47 bits per heavy atom. The lowest BCUT2D eigenvalue weighted by molar-refractivity contribution is 0.0936. The maximum absolute atomic E-state index is 12.2. The molecular formula is C13H13ClN2OS2. The van der Waals surface area contributed by atoms with Crippen LogP contribution in [0.25, 0.3) is 0 Å². The van der Waals surface area contributed by atoms with Crippen LogP contribution in [0.15, 0.2) is 12.1 Å². The van der Waals surface area contributed by atoms with Crippen LogP contribution < -0.4 is 5.32 Å². The highest BCUT2D eigenvalue weighted by Gasteiger charge is 2.26. The third-order valence-corrected chi connectivity index (χ3v) is 5.44. The second-order valence-corrected chi connectivity index (χ2v) is 7.57. The summed E-state index contributed by atoms with van der Waals surface area (Å²) < 4.78 is 0.638. The number of aryl methyl sites for hydroxylation is 2. The Labute approximate surface area is 124 Å². The van der Waals surface area contributed by atoms with Gasteiger partial charge in [-0.1, -0.05) is 11.6 Å². The maximum Gasteiger partial charge on any atom is 0.261 e. The van der Waals surface area contributed by atoms with Crippen LogP contribution in [-0.4, -0.2) is 10.9 Å². The van der Waals surface area contributed by atoms with Crippen LogP contribution >= 0.6 is 34.3 Å². The normalized spacial score (nSPS) is 18.1. The van der Waals surface area contributed by atoms with E-state index in [1.54, 1.807) is 23.5 Å². The molecule has 2 aromatic heterocycles. The minimum absolute atomic E-state index is 0.0436. The minimum atomic E-state index is -0.0552. The molecule has 1 N–H and O–H groups in total. The number of thiazole rings is 1. The Morgan fingerprint density at radius 3 is 3.05 bits per heavy atom. The fraction of sp³-hybridized carbons (Fsp3) is 0.385. The lowest BCUT2D eigenvalue weighted by Crippen LogP contribution is -2.30. The van der Waals surface area contributed by atoms with Gasteiger partial charge in [0.15, 0.2) is 0 Å². The molecule has 0 saturated carbocycles. The van der Waals surface area contributed by atoms with Crippen LogP contribution in [0.5, 0.6) is 0 Å². The zero-order valence-electron chi connectivity index (χ0n) is 10.4. The van der Waals surface area contributed by atoms with Gasteiger partial charge < -0.3 is 5.32 Å².